The summed E-state index contributed by atoms with van der Waals surface area (Å²) >= 11 is 1.66. The molecule has 0 radical (unpaired) electrons. The van der Waals surface area contributed by atoms with Gasteiger partial charge in [0.05, 0.1) is 19.4 Å². The molecule has 37 heavy (non-hydrogen) atoms. The number of benzene rings is 1. The van der Waals surface area contributed by atoms with Crippen LogP contribution in [0.15, 0.2) is 29.6 Å². The third-order valence-electron chi connectivity index (χ3n) is 7.63. The lowest BCUT2D eigenvalue weighted by Gasteiger charge is -2.37. The summed E-state index contributed by atoms with van der Waals surface area (Å²) in [6, 6.07) is 7.94. The van der Waals surface area contributed by atoms with Crippen molar-refractivity contribution in [3.8, 4) is 27.4 Å². The number of ether oxygens (including phenoxy) is 1. The number of methoxy groups -OCH3 is 1. The fourth-order valence-corrected chi connectivity index (χ4v) is 6.60. The molecule has 2 unspecified atom stereocenters. The Morgan fingerprint density at radius 1 is 1.11 bits per heavy atom. The fourth-order valence-electron chi connectivity index (χ4n) is 5.80. The number of carbonyl (C=O) groups is 1. The largest absolute Gasteiger partial charge is 0.496 e. The maximum atomic E-state index is 14.2. The molecule has 0 spiro atoms. The van der Waals surface area contributed by atoms with Crippen molar-refractivity contribution in [2.45, 2.75) is 70.7 Å². The molecule has 0 aliphatic carbocycles. The van der Waals surface area contributed by atoms with Crippen LogP contribution in [0, 0.1) is 0 Å². The Morgan fingerprint density at radius 2 is 1.89 bits per heavy atom. The summed E-state index contributed by atoms with van der Waals surface area (Å²) in [4.78, 5) is 17.3. The first-order valence-electron chi connectivity index (χ1n) is 13.0. The second-order valence-electron chi connectivity index (χ2n) is 11.0. The number of aromatic nitrogens is 1. The molecule has 3 N–H and O–H groups in total. The third kappa shape index (κ3) is 4.40. The molecule has 0 bridgehead atoms. The van der Waals surface area contributed by atoms with E-state index in [9.17, 15) is 20.1 Å². The zero-order chi connectivity index (χ0) is 26.5. The second kappa shape index (κ2) is 9.91. The molecule has 2 aliphatic rings. The van der Waals surface area contributed by atoms with E-state index in [-0.39, 0.29) is 11.4 Å². The van der Waals surface area contributed by atoms with Crippen LogP contribution in [-0.4, -0.2) is 62.6 Å². The average Bonchev–Trinajstić information content (AvgIpc) is 3.50. The zero-order valence-electron chi connectivity index (χ0n) is 22.0. The highest BCUT2D eigenvalue weighted by molar-refractivity contribution is 7.13. The normalized spacial score (nSPS) is 17.4. The number of rotatable bonds is 5. The molecule has 7 nitrogen and oxygen atoms in total. The number of nitrogens with zero attached hydrogens (tertiary/aromatic N) is 2. The fraction of sp³-hybridized carbons (Fsp3) is 0.483. The molecule has 8 heteroatoms. The summed E-state index contributed by atoms with van der Waals surface area (Å²) in [5.74, 6) is 0.545. The molecule has 0 fully saturated rings. The van der Waals surface area contributed by atoms with E-state index in [0.29, 0.717) is 24.3 Å². The third-order valence-corrected chi connectivity index (χ3v) is 8.52. The van der Waals surface area contributed by atoms with Crippen LogP contribution in [0.1, 0.15) is 66.9 Å². The van der Waals surface area contributed by atoms with Crippen LogP contribution in [-0.2, 0) is 19.4 Å². The Bertz CT molecular complexity index is 1310. The standard InChI is InChI=1S/C29H36N2O5S/c1-29(2,3)31-11-6-5-8-18-24(23-9-7-13-37-23)25-19-15-20(27(34)21(33)16-32)22(36-4)14-17(19)10-12-30(25)26(18)28(31)35/h7,9,13-15,21,27,32-34H,5-6,8,10-12,16H2,1-4H3. The van der Waals surface area contributed by atoms with Crippen molar-refractivity contribution in [1.29, 1.82) is 0 Å². The summed E-state index contributed by atoms with van der Waals surface area (Å²) in [6.45, 7) is 7.12. The second-order valence-corrected chi connectivity index (χ2v) is 11.9. The molecule has 2 aliphatic heterocycles. The summed E-state index contributed by atoms with van der Waals surface area (Å²) in [5, 5.41) is 32.6. The number of hydrogen-bond donors (Lipinski definition) is 3. The Balaban J connectivity index is 1.80. The van der Waals surface area contributed by atoms with Gasteiger partial charge in [-0.2, -0.15) is 0 Å². The highest BCUT2D eigenvalue weighted by Gasteiger charge is 2.38. The maximum absolute atomic E-state index is 14.2. The van der Waals surface area contributed by atoms with Crippen LogP contribution in [0.2, 0.25) is 0 Å². The van der Waals surface area contributed by atoms with E-state index < -0.39 is 18.8 Å². The van der Waals surface area contributed by atoms with Gasteiger partial charge in [-0.3, -0.25) is 4.79 Å². The van der Waals surface area contributed by atoms with Crippen LogP contribution in [0.4, 0.5) is 0 Å². The van der Waals surface area contributed by atoms with E-state index in [2.05, 4.69) is 36.8 Å². The summed E-state index contributed by atoms with van der Waals surface area (Å²) < 4.78 is 7.77. The number of aliphatic hydroxyl groups excluding tert-OH is 3. The molecule has 0 saturated carbocycles. The lowest BCUT2D eigenvalue weighted by atomic mass is 9.90. The van der Waals surface area contributed by atoms with Gasteiger partial charge in [-0.15, -0.1) is 11.3 Å². The Morgan fingerprint density at radius 3 is 2.54 bits per heavy atom. The van der Waals surface area contributed by atoms with Gasteiger partial charge in [-0.25, -0.2) is 0 Å². The maximum Gasteiger partial charge on any atom is 0.271 e. The lowest BCUT2D eigenvalue weighted by Crippen LogP contribution is -2.47. The molecule has 0 saturated heterocycles. The molecule has 1 aromatic carbocycles. The van der Waals surface area contributed by atoms with Crippen molar-refractivity contribution in [2.75, 3.05) is 20.3 Å². The average molecular weight is 525 g/mol. The SMILES string of the molecule is COc1cc2c(cc1C(O)C(O)CO)-c1c(-c3cccs3)c3c(n1CC2)C(=O)N(C(C)(C)C)CCCC3. The van der Waals surface area contributed by atoms with Gasteiger partial charge in [0.15, 0.2) is 0 Å². The van der Waals surface area contributed by atoms with Crippen LogP contribution >= 0.6 is 11.3 Å². The number of carbonyl (C=O) groups excluding carboxylic acids is 1. The Kier molecular flexibility index (Phi) is 6.96. The highest BCUT2D eigenvalue weighted by Crippen LogP contribution is 2.48. The number of aliphatic hydroxyl groups is 3. The van der Waals surface area contributed by atoms with Gasteiger partial charge in [-0.05, 0) is 81.2 Å². The molecule has 198 valence electrons. The molecule has 2 atom stereocenters. The summed E-state index contributed by atoms with van der Waals surface area (Å²) in [7, 11) is 1.54. The Labute approximate surface area is 221 Å². The number of thiophene rings is 1. The van der Waals surface area contributed by atoms with Crippen molar-refractivity contribution in [3.63, 3.8) is 0 Å². The van der Waals surface area contributed by atoms with E-state index in [1.807, 2.05) is 23.1 Å². The molecule has 2 aromatic heterocycles. The minimum atomic E-state index is -1.33. The molecule has 5 rings (SSSR count). The van der Waals surface area contributed by atoms with Crippen molar-refractivity contribution < 1.29 is 24.9 Å². The predicted octanol–water partition coefficient (Wildman–Crippen LogP) is 4.41. The Hall–Kier alpha value is -2.65. The van der Waals surface area contributed by atoms with E-state index in [1.165, 1.54) is 7.11 Å². The van der Waals surface area contributed by atoms with Crippen molar-refractivity contribution in [3.05, 3.63) is 52.0 Å². The van der Waals surface area contributed by atoms with Crippen LogP contribution in [0.5, 0.6) is 5.75 Å². The predicted molar refractivity (Wildman–Crippen MR) is 145 cm³/mol. The quantitative estimate of drug-likeness (QED) is 0.460. The van der Waals surface area contributed by atoms with Crippen LogP contribution in [0.3, 0.4) is 0 Å². The summed E-state index contributed by atoms with van der Waals surface area (Å²) in [5.41, 5.74) is 6.06. The molecular weight excluding hydrogens is 488 g/mol. The monoisotopic (exact) mass is 524 g/mol. The van der Waals surface area contributed by atoms with E-state index in [0.717, 1.165) is 64.3 Å². The van der Waals surface area contributed by atoms with Crippen molar-refractivity contribution >= 4 is 17.2 Å². The van der Waals surface area contributed by atoms with E-state index >= 15 is 0 Å². The number of aryl methyl sites for hydroxylation is 1. The molecule has 3 aromatic rings. The first-order valence-corrected chi connectivity index (χ1v) is 13.8. The van der Waals surface area contributed by atoms with Gasteiger partial charge in [0.2, 0.25) is 0 Å². The van der Waals surface area contributed by atoms with Crippen LogP contribution in [0.25, 0.3) is 21.7 Å². The number of amides is 1. The molecule has 1 amide bonds. The van der Waals surface area contributed by atoms with E-state index in [1.54, 1.807) is 11.3 Å². The van der Waals surface area contributed by atoms with Gasteiger partial charge < -0.3 is 29.5 Å². The van der Waals surface area contributed by atoms with Gasteiger partial charge in [-0.1, -0.05) is 6.07 Å². The first-order chi connectivity index (χ1) is 17.7. The van der Waals surface area contributed by atoms with Gasteiger partial charge in [0, 0.05) is 40.2 Å². The lowest BCUT2D eigenvalue weighted by molar-refractivity contribution is -0.0162. The van der Waals surface area contributed by atoms with Crippen LogP contribution < -0.4 is 4.74 Å². The van der Waals surface area contributed by atoms with Crippen molar-refractivity contribution in [1.82, 2.24) is 9.47 Å². The molecule has 4 heterocycles. The first kappa shape index (κ1) is 26.0. The van der Waals surface area contributed by atoms with Gasteiger partial charge >= 0.3 is 0 Å². The summed E-state index contributed by atoms with van der Waals surface area (Å²) in [6.07, 6.45) is 0.857. The topological polar surface area (TPSA) is 95.2 Å². The highest BCUT2D eigenvalue weighted by atomic mass is 32.1. The minimum absolute atomic E-state index is 0.0687. The number of fused-ring (bicyclic) bond motifs is 5. The smallest absolute Gasteiger partial charge is 0.271 e. The van der Waals surface area contributed by atoms with E-state index in [4.69, 9.17) is 4.74 Å². The van der Waals surface area contributed by atoms with Gasteiger partial charge in [0.1, 0.15) is 23.7 Å². The zero-order valence-corrected chi connectivity index (χ0v) is 22.8. The molecular formula is C29H36N2O5S. The van der Waals surface area contributed by atoms with Crippen molar-refractivity contribution in [2.24, 2.45) is 0 Å². The number of hydrogen-bond acceptors (Lipinski definition) is 6. The minimum Gasteiger partial charge on any atom is -0.496 e. The van der Waals surface area contributed by atoms with Gasteiger partial charge in [0.25, 0.3) is 5.91 Å².